The molecule has 6 heterocycles. The van der Waals surface area contributed by atoms with Crippen molar-refractivity contribution in [2.24, 2.45) is 11.8 Å². The van der Waals surface area contributed by atoms with E-state index < -0.39 is 5.92 Å². The monoisotopic (exact) mass is 571 g/mol. The van der Waals surface area contributed by atoms with Crippen LogP contribution in [0.2, 0.25) is 0 Å². The second-order valence-corrected chi connectivity index (χ2v) is 12.3. The fourth-order valence-corrected chi connectivity index (χ4v) is 7.30. The Bertz CT molecular complexity index is 1470. The van der Waals surface area contributed by atoms with E-state index in [0.29, 0.717) is 43.0 Å². The summed E-state index contributed by atoms with van der Waals surface area (Å²) < 4.78 is 7.95. The summed E-state index contributed by atoms with van der Waals surface area (Å²) in [5.41, 5.74) is 3.10. The van der Waals surface area contributed by atoms with E-state index >= 15 is 0 Å². The number of likely N-dealkylation sites (tertiary alicyclic amines) is 1. The molecule has 11 heteroatoms. The summed E-state index contributed by atoms with van der Waals surface area (Å²) in [7, 11) is 0. The molecule has 2 aromatic rings. The highest BCUT2D eigenvalue weighted by molar-refractivity contribution is 6.05. The number of anilines is 1. The Hall–Kier alpha value is -3.99. The lowest BCUT2D eigenvalue weighted by Crippen LogP contribution is -2.46. The standard InChI is InChI=1S/C31H34N6O5/c38-18-22-2-5-26(34-33-22)36-11-7-20(8-12-36)15-35-13-9-31(10-14-35)19-42-28-24-17-37(30(41)23(24)3-4-25(28)31)16-21-1-6-27(39)32-29(21)40/h2-5,16,18,20-21H,1,6-15,17,19H2/p+1. The van der Waals surface area contributed by atoms with Crippen LogP contribution in [0.3, 0.4) is 0 Å². The number of aldehydes is 1. The van der Waals surface area contributed by atoms with Crippen LogP contribution >= 0.6 is 0 Å². The largest absolute Gasteiger partial charge is 0.492 e. The van der Waals surface area contributed by atoms with Gasteiger partial charge in [0.1, 0.15) is 22.9 Å². The van der Waals surface area contributed by atoms with Gasteiger partial charge in [0, 0.05) is 37.0 Å². The zero-order chi connectivity index (χ0) is 28.8. The van der Waals surface area contributed by atoms with E-state index in [1.54, 1.807) is 16.9 Å². The van der Waals surface area contributed by atoms with Gasteiger partial charge in [-0.1, -0.05) is 6.07 Å². The van der Waals surface area contributed by atoms with E-state index in [-0.39, 0.29) is 29.6 Å². The van der Waals surface area contributed by atoms with Crippen LogP contribution in [0.1, 0.15) is 70.5 Å². The van der Waals surface area contributed by atoms with E-state index in [4.69, 9.17) is 4.74 Å². The summed E-state index contributed by atoms with van der Waals surface area (Å²) in [5, 5.41) is 10.5. The number of carbonyl (C=O) groups is 4. The molecule has 1 N–H and O–H groups in total. The first-order valence-electron chi connectivity index (χ1n) is 15.0. The van der Waals surface area contributed by atoms with Gasteiger partial charge in [0.05, 0.1) is 12.2 Å². The number of aromatic nitrogens is 2. The maximum atomic E-state index is 13.2. The third kappa shape index (κ3) is 4.79. The highest BCUT2D eigenvalue weighted by Gasteiger charge is 2.48. The Labute approximate surface area is 243 Å². The van der Waals surface area contributed by atoms with Crippen LogP contribution in [0.4, 0.5) is 5.82 Å². The van der Waals surface area contributed by atoms with E-state index in [1.807, 2.05) is 12.1 Å². The Kier molecular flexibility index (Phi) is 6.84. The van der Waals surface area contributed by atoms with Crippen molar-refractivity contribution in [3.05, 3.63) is 46.6 Å². The van der Waals surface area contributed by atoms with Crippen molar-refractivity contribution in [1.82, 2.24) is 20.4 Å². The number of hydrogen-bond acceptors (Lipinski definition) is 9. The van der Waals surface area contributed by atoms with E-state index in [9.17, 15) is 19.2 Å². The zero-order valence-electron chi connectivity index (χ0n) is 23.6. The summed E-state index contributed by atoms with van der Waals surface area (Å²) in [6, 6.07) is 7.62. The molecule has 3 amide bonds. The molecule has 3 fully saturated rings. The van der Waals surface area contributed by atoms with Crippen LogP contribution < -0.4 is 15.0 Å². The highest BCUT2D eigenvalue weighted by Crippen LogP contribution is 2.49. The number of nitrogens with one attached hydrogen (secondary N) is 1. The topological polar surface area (TPSA) is 125 Å². The van der Waals surface area contributed by atoms with Crippen molar-refractivity contribution < 1.29 is 28.5 Å². The number of nitrogens with zero attached hydrogens (tertiary/aromatic N) is 5. The van der Waals surface area contributed by atoms with Crippen molar-refractivity contribution in [2.75, 3.05) is 44.2 Å². The number of hydrogen-bond donors (Lipinski definition) is 1. The maximum absolute atomic E-state index is 13.2. The molecule has 42 heavy (non-hydrogen) atoms. The van der Waals surface area contributed by atoms with Gasteiger partial charge < -0.3 is 14.5 Å². The molecule has 0 radical (unpaired) electrons. The van der Waals surface area contributed by atoms with Gasteiger partial charge in [-0.2, -0.15) is 4.58 Å². The van der Waals surface area contributed by atoms with Gasteiger partial charge in [-0.05, 0) is 69.3 Å². The number of imide groups is 1. The molecule has 0 bridgehead atoms. The minimum absolute atomic E-state index is 0.0274. The summed E-state index contributed by atoms with van der Waals surface area (Å²) in [6.07, 6.45) is 7.37. The molecule has 1 unspecified atom stereocenters. The van der Waals surface area contributed by atoms with Gasteiger partial charge in [-0.15, -0.1) is 10.2 Å². The van der Waals surface area contributed by atoms with Gasteiger partial charge in [0.2, 0.25) is 11.8 Å². The number of ether oxygens (including phenoxy) is 1. The predicted molar refractivity (Wildman–Crippen MR) is 152 cm³/mol. The second kappa shape index (κ2) is 10.7. The normalized spacial score (nSPS) is 25.0. The molecule has 1 aromatic carbocycles. The first kappa shape index (κ1) is 26.9. The summed E-state index contributed by atoms with van der Waals surface area (Å²) in [4.78, 5) is 52.7. The number of benzene rings is 1. The average Bonchev–Trinajstić information content (AvgIpc) is 3.53. The van der Waals surface area contributed by atoms with Gasteiger partial charge >= 0.3 is 5.91 Å². The maximum Gasteiger partial charge on any atom is 0.420 e. The lowest BCUT2D eigenvalue weighted by atomic mass is 9.73. The SMILES string of the molecule is O=Cc1ccc(N2CCC(CN3CCC4(CC3)COc3c4ccc4c3C[N+](=CC3CCC(=O)NC3=O)C4=O)CC2)nn1. The predicted octanol–water partition coefficient (Wildman–Crippen LogP) is 1.72. The molecule has 1 spiro atoms. The van der Waals surface area contributed by atoms with Crippen LogP contribution in [0.15, 0.2) is 24.3 Å². The quantitative estimate of drug-likeness (QED) is 0.325. The van der Waals surface area contributed by atoms with E-state index in [2.05, 4.69) is 31.4 Å². The number of piperidine rings is 3. The fourth-order valence-electron chi connectivity index (χ4n) is 7.30. The number of amides is 3. The number of fused-ring (bicyclic) bond motifs is 4. The first-order chi connectivity index (χ1) is 20.4. The molecular weight excluding hydrogens is 536 g/mol. The molecule has 7 rings (SSSR count). The molecule has 5 aliphatic rings. The molecule has 1 aromatic heterocycles. The van der Waals surface area contributed by atoms with Crippen molar-refractivity contribution in [1.29, 1.82) is 0 Å². The molecule has 5 aliphatic heterocycles. The molecular formula is C31H35N6O5+. The minimum atomic E-state index is -0.485. The smallest absolute Gasteiger partial charge is 0.420 e. The minimum Gasteiger partial charge on any atom is -0.492 e. The van der Waals surface area contributed by atoms with Crippen LogP contribution in [0.25, 0.3) is 0 Å². The van der Waals surface area contributed by atoms with Gasteiger partial charge in [0.15, 0.2) is 24.9 Å². The Balaban J connectivity index is 0.966. The van der Waals surface area contributed by atoms with Gasteiger partial charge in [-0.25, -0.2) is 4.79 Å². The fraction of sp³-hybridized carbons (Fsp3) is 0.516. The summed E-state index contributed by atoms with van der Waals surface area (Å²) in [5.74, 6) is 1.13. The Morgan fingerprint density at radius 3 is 2.55 bits per heavy atom. The van der Waals surface area contributed by atoms with Gasteiger partial charge in [-0.3, -0.25) is 19.7 Å². The second-order valence-electron chi connectivity index (χ2n) is 12.3. The van der Waals surface area contributed by atoms with E-state index in [0.717, 1.165) is 75.5 Å². The van der Waals surface area contributed by atoms with Crippen LogP contribution in [-0.4, -0.2) is 89.2 Å². The third-order valence-electron chi connectivity index (χ3n) is 9.85. The Morgan fingerprint density at radius 1 is 1.02 bits per heavy atom. The lowest BCUT2D eigenvalue weighted by Gasteiger charge is -2.41. The Morgan fingerprint density at radius 2 is 1.83 bits per heavy atom. The average molecular weight is 572 g/mol. The summed E-state index contributed by atoms with van der Waals surface area (Å²) in [6.45, 7) is 6.06. The number of rotatable bonds is 5. The lowest BCUT2D eigenvalue weighted by molar-refractivity contribution is -0.434. The van der Waals surface area contributed by atoms with Crippen LogP contribution in [0.5, 0.6) is 5.75 Å². The first-order valence-corrected chi connectivity index (χ1v) is 15.0. The van der Waals surface area contributed by atoms with Crippen molar-refractivity contribution in [2.45, 2.75) is 50.5 Å². The van der Waals surface area contributed by atoms with Crippen LogP contribution in [0, 0.1) is 11.8 Å². The highest BCUT2D eigenvalue weighted by atomic mass is 16.5. The van der Waals surface area contributed by atoms with Crippen LogP contribution in [-0.2, 0) is 21.5 Å². The molecule has 1 atom stereocenters. The zero-order valence-corrected chi connectivity index (χ0v) is 23.6. The molecule has 3 saturated heterocycles. The van der Waals surface area contributed by atoms with Gasteiger partial charge in [0.25, 0.3) is 0 Å². The van der Waals surface area contributed by atoms with E-state index in [1.165, 1.54) is 5.56 Å². The van der Waals surface area contributed by atoms with Crippen molar-refractivity contribution >= 4 is 36.0 Å². The number of carbonyl (C=O) groups excluding carboxylic acids is 4. The van der Waals surface area contributed by atoms with Crippen molar-refractivity contribution in [3.8, 4) is 5.75 Å². The third-order valence-corrected chi connectivity index (χ3v) is 9.85. The van der Waals surface area contributed by atoms with Crippen molar-refractivity contribution in [3.63, 3.8) is 0 Å². The molecule has 0 saturated carbocycles. The molecule has 11 nitrogen and oxygen atoms in total. The summed E-state index contributed by atoms with van der Waals surface area (Å²) >= 11 is 0. The molecule has 218 valence electrons. The molecule has 0 aliphatic carbocycles.